The van der Waals surface area contributed by atoms with Crippen LogP contribution in [-0.2, 0) is 11.3 Å². The molecule has 0 fully saturated rings. The lowest BCUT2D eigenvalue weighted by atomic mass is 9.98. The molecule has 0 bridgehead atoms. The molecule has 4 rings (SSSR count). The summed E-state index contributed by atoms with van der Waals surface area (Å²) in [5.41, 5.74) is 0.773. The molecule has 0 saturated heterocycles. The third-order valence-corrected chi connectivity index (χ3v) is 4.28. The van der Waals surface area contributed by atoms with Crippen LogP contribution in [0.1, 0.15) is 32.2 Å². The van der Waals surface area contributed by atoms with E-state index >= 15 is 0 Å². The summed E-state index contributed by atoms with van der Waals surface area (Å²) in [5.74, 6) is -0.299. The molecule has 4 aromatic rings. The molecule has 144 valence electrons. The number of ketones is 1. The zero-order valence-corrected chi connectivity index (χ0v) is 15.6. The molecule has 0 unspecified atom stereocenters. The second kappa shape index (κ2) is 8.12. The second-order valence-corrected chi connectivity index (χ2v) is 6.37. The van der Waals surface area contributed by atoms with E-state index in [0.29, 0.717) is 16.3 Å². The average molecular weight is 409 g/mol. The summed E-state index contributed by atoms with van der Waals surface area (Å²) in [4.78, 5) is 25.3. The van der Waals surface area contributed by atoms with Crippen molar-refractivity contribution < 1.29 is 23.2 Å². The van der Waals surface area contributed by atoms with E-state index in [9.17, 15) is 9.59 Å². The van der Waals surface area contributed by atoms with Gasteiger partial charge >= 0.3 is 5.97 Å². The van der Waals surface area contributed by atoms with Crippen LogP contribution < -0.4 is 0 Å². The van der Waals surface area contributed by atoms with Crippen LogP contribution in [0.2, 0.25) is 5.02 Å². The van der Waals surface area contributed by atoms with Gasteiger partial charge in [0.15, 0.2) is 18.2 Å². The SMILES string of the molecule is O=C(OCc1nnc(-c2ccco2)o1)c1ccccc1C(=O)c1ccc(Cl)cc1. The van der Waals surface area contributed by atoms with E-state index in [1.54, 1.807) is 54.6 Å². The zero-order chi connectivity index (χ0) is 20.2. The summed E-state index contributed by atoms with van der Waals surface area (Å²) in [5, 5.41) is 8.17. The second-order valence-electron chi connectivity index (χ2n) is 5.94. The number of halogens is 1. The van der Waals surface area contributed by atoms with E-state index in [4.69, 9.17) is 25.2 Å². The van der Waals surface area contributed by atoms with Gasteiger partial charge in [0.1, 0.15) is 0 Å². The number of nitrogens with zero attached hydrogens (tertiary/aromatic N) is 2. The van der Waals surface area contributed by atoms with Gasteiger partial charge in [-0.25, -0.2) is 4.79 Å². The van der Waals surface area contributed by atoms with Crippen molar-refractivity contribution in [3.05, 3.63) is 94.5 Å². The van der Waals surface area contributed by atoms with Gasteiger partial charge in [-0.05, 0) is 42.5 Å². The van der Waals surface area contributed by atoms with E-state index < -0.39 is 5.97 Å². The smallest absolute Gasteiger partial charge is 0.339 e. The molecule has 8 heteroatoms. The van der Waals surface area contributed by atoms with E-state index in [1.807, 2.05) is 0 Å². The van der Waals surface area contributed by atoms with Crippen molar-refractivity contribution in [2.24, 2.45) is 0 Å². The molecule has 7 nitrogen and oxygen atoms in total. The van der Waals surface area contributed by atoms with Crippen molar-refractivity contribution in [1.82, 2.24) is 10.2 Å². The van der Waals surface area contributed by atoms with Crippen LogP contribution in [0.4, 0.5) is 0 Å². The lowest BCUT2D eigenvalue weighted by molar-refractivity contribution is 0.0436. The van der Waals surface area contributed by atoms with Gasteiger partial charge in [-0.15, -0.1) is 10.2 Å². The molecule has 2 aromatic carbocycles. The fourth-order valence-corrected chi connectivity index (χ4v) is 2.76. The van der Waals surface area contributed by atoms with Gasteiger partial charge in [-0.2, -0.15) is 0 Å². The Hall–Kier alpha value is -3.71. The first-order valence-electron chi connectivity index (χ1n) is 8.54. The van der Waals surface area contributed by atoms with Gasteiger partial charge in [-0.1, -0.05) is 29.8 Å². The van der Waals surface area contributed by atoms with Crippen LogP contribution in [-0.4, -0.2) is 21.9 Å². The molecule has 0 atom stereocenters. The van der Waals surface area contributed by atoms with Crippen LogP contribution in [0.25, 0.3) is 11.7 Å². The molecule has 0 aliphatic rings. The molecule has 0 saturated carbocycles. The van der Waals surface area contributed by atoms with Gasteiger partial charge in [0.05, 0.1) is 11.8 Å². The molecule has 0 spiro atoms. The fourth-order valence-electron chi connectivity index (χ4n) is 2.63. The number of aromatic nitrogens is 2. The summed E-state index contributed by atoms with van der Waals surface area (Å²) >= 11 is 5.87. The van der Waals surface area contributed by atoms with E-state index in [1.165, 1.54) is 12.3 Å². The largest absolute Gasteiger partial charge is 0.459 e. The highest BCUT2D eigenvalue weighted by Gasteiger charge is 2.20. The highest BCUT2D eigenvalue weighted by atomic mass is 35.5. The predicted octanol–water partition coefficient (Wildman–Crippen LogP) is 4.57. The Morgan fingerprint density at radius 3 is 2.41 bits per heavy atom. The van der Waals surface area contributed by atoms with Gasteiger partial charge in [0.25, 0.3) is 11.8 Å². The van der Waals surface area contributed by atoms with Crippen LogP contribution in [0.15, 0.2) is 75.8 Å². The molecule has 0 radical (unpaired) electrons. The highest BCUT2D eigenvalue weighted by Crippen LogP contribution is 2.20. The number of benzene rings is 2. The van der Waals surface area contributed by atoms with Crippen molar-refractivity contribution >= 4 is 23.4 Å². The maximum atomic E-state index is 12.8. The highest BCUT2D eigenvalue weighted by molar-refractivity contribution is 6.30. The summed E-state index contributed by atoms with van der Waals surface area (Å²) in [6.45, 7) is -0.240. The Labute approximate surface area is 169 Å². The lowest BCUT2D eigenvalue weighted by Crippen LogP contribution is -2.12. The standard InChI is InChI=1S/C21H13ClN2O5/c22-14-9-7-13(8-10-14)19(25)15-4-1-2-5-16(15)21(26)28-12-18-23-24-20(29-18)17-6-3-11-27-17/h1-11H,12H2. The molecule has 0 N–H and O–H groups in total. The van der Waals surface area contributed by atoms with Gasteiger partial charge in [0, 0.05) is 16.1 Å². The molecule has 0 aliphatic heterocycles. The van der Waals surface area contributed by atoms with Crippen molar-refractivity contribution in [2.45, 2.75) is 6.61 Å². The molecular formula is C21H13ClN2O5. The van der Waals surface area contributed by atoms with Crippen molar-refractivity contribution in [1.29, 1.82) is 0 Å². The van der Waals surface area contributed by atoms with Crippen molar-refractivity contribution in [3.63, 3.8) is 0 Å². The molecule has 2 heterocycles. The van der Waals surface area contributed by atoms with Gasteiger partial charge in [-0.3, -0.25) is 4.79 Å². The van der Waals surface area contributed by atoms with Gasteiger partial charge < -0.3 is 13.6 Å². The monoisotopic (exact) mass is 408 g/mol. The number of carbonyl (C=O) groups is 2. The van der Waals surface area contributed by atoms with E-state index in [0.717, 1.165) is 0 Å². The Morgan fingerprint density at radius 2 is 1.69 bits per heavy atom. The first-order chi connectivity index (χ1) is 14.1. The zero-order valence-electron chi connectivity index (χ0n) is 14.9. The van der Waals surface area contributed by atoms with Crippen LogP contribution in [0.5, 0.6) is 0 Å². The summed E-state index contributed by atoms with van der Waals surface area (Å²) in [6.07, 6.45) is 1.48. The number of rotatable bonds is 6. The molecule has 0 amide bonds. The molecule has 2 aromatic heterocycles. The van der Waals surface area contributed by atoms with Crippen molar-refractivity contribution in [3.8, 4) is 11.7 Å². The number of hydrogen-bond donors (Lipinski definition) is 0. The lowest BCUT2D eigenvalue weighted by Gasteiger charge is -2.08. The van der Waals surface area contributed by atoms with E-state index in [2.05, 4.69) is 10.2 Å². The Morgan fingerprint density at radius 1 is 0.931 bits per heavy atom. The number of carbonyl (C=O) groups excluding carboxylic acids is 2. The Kier molecular flexibility index (Phi) is 5.22. The third-order valence-electron chi connectivity index (χ3n) is 4.02. The maximum Gasteiger partial charge on any atom is 0.339 e. The summed E-state index contributed by atoms with van der Waals surface area (Å²) < 4.78 is 15.8. The molecular weight excluding hydrogens is 396 g/mol. The van der Waals surface area contributed by atoms with Crippen LogP contribution >= 0.6 is 11.6 Å². The maximum absolute atomic E-state index is 12.8. The van der Waals surface area contributed by atoms with Gasteiger partial charge in [0.2, 0.25) is 0 Å². The summed E-state index contributed by atoms with van der Waals surface area (Å²) in [6, 6.07) is 16.2. The first-order valence-corrected chi connectivity index (χ1v) is 8.92. The number of furan rings is 1. The van der Waals surface area contributed by atoms with E-state index in [-0.39, 0.29) is 35.3 Å². The summed E-state index contributed by atoms with van der Waals surface area (Å²) in [7, 11) is 0. The predicted molar refractivity (Wildman–Crippen MR) is 102 cm³/mol. The minimum atomic E-state index is -0.680. The number of esters is 1. The quantitative estimate of drug-likeness (QED) is 0.340. The topological polar surface area (TPSA) is 95.4 Å². The number of hydrogen-bond acceptors (Lipinski definition) is 7. The van der Waals surface area contributed by atoms with Crippen LogP contribution in [0.3, 0.4) is 0 Å². The third kappa shape index (κ3) is 4.09. The minimum Gasteiger partial charge on any atom is -0.459 e. The first kappa shape index (κ1) is 18.6. The Bertz CT molecular complexity index is 1150. The molecule has 29 heavy (non-hydrogen) atoms. The average Bonchev–Trinajstić information content (AvgIpc) is 3.44. The molecule has 0 aliphatic carbocycles. The normalized spacial score (nSPS) is 10.7. The Balaban J connectivity index is 1.49. The number of ether oxygens (including phenoxy) is 1. The minimum absolute atomic E-state index is 0.103. The van der Waals surface area contributed by atoms with Crippen LogP contribution in [0, 0.1) is 0 Å². The fraction of sp³-hybridized carbons (Fsp3) is 0.0476. The van der Waals surface area contributed by atoms with Crippen molar-refractivity contribution in [2.75, 3.05) is 0 Å².